The quantitative estimate of drug-likeness (QED) is 0.633. The molecule has 2 unspecified atom stereocenters. The summed E-state index contributed by atoms with van der Waals surface area (Å²) in [4.78, 5) is 22.2. The maximum Gasteiger partial charge on any atom is 0.309 e. The molecular formula is C14H26O6. The largest absolute Gasteiger partial charge is 0.481 e. The van der Waals surface area contributed by atoms with Crippen molar-refractivity contribution in [2.75, 3.05) is 7.11 Å². The van der Waals surface area contributed by atoms with E-state index in [1.807, 2.05) is 0 Å². The zero-order valence-corrected chi connectivity index (χ0v) is 13.1. The first kappa shape index (κ1) is 18.9. The molecule has 0 aromatic rings. The molecule has 0 aliphatic rings. The summed E-state index contributed by atoms with van der Waals surface area (Å²) in [6.45, 7) is 8.47. The summed E-state index contributed by atoms with van der Waals surface area (Å²) in [6.07, 6.45) is -0.926. The Bertz CT molecular complexity index is 348. The van der Waals surface area contributed by atoms with Gasteiger partial charge in [-0.05, 0) is 27.2 Å². The molecule has 0 radical (unpaired) electrons. The molecular weight excluding hydrogens is 264 g/mol. The minimum Gasteiger partial charge on any atom is -0.481 e. The molecule has 0 aromatic carbocycles. The van der Waals surface area contributed by atoms with Crippen LogP contribution in [0, 0.1) is 10.8 Å². The second-order valence-electron chi connectivity index (χ2n) is 6.01. The second kappa shape index (κ2) is 7.04. The Morgan fingerprint density at radius 2 is 1.65 bits per heavy atom. The Morgan fingerprint density at radius 3 is 2.00 bits per heavy atom. The maximum absolute atomic E-state index is 11.5. The zero-order valence-electron chi connectivity index (χ0n) is 13.1. The molecule has 0 heterocycles. The molecule has 0 aliphatic carbocycles. The summed E-state index contributed by atoms with van der Waals surface area (Å²) in [5, 5.41) is 18.2. The summed E-state index contributed by atoms with van der Waals surface area (Å²) in [7, 11) is 1.48. The first-order valence-corrected chi connectivity index (χ1v) is 6.60. The summed E-state index contributed by atoms with van der Waals surface area (Å²) in [5.74, 6) is -1.89. The van der Waals surface area contributed by atoms with Gasteiger partial charge in [0, 0.05) is 18.9 Å². The van der Waals surface area contributed by atoms with Crippen molar-refractivity contribution in [2.24, 2.45) is 10.8 Å². The van der Waals surface area contributed by atoms with Gasteiger partial charge in [-0.3, -0.25) is 9.59 Å². The average Bonchev–Trinajstić information content (AvgIpc) is 2.32. The number of ether oxygens (including phenoxy) is 2. The standard InChI is InChI=1S/C14H26O6/c1-9(19-6)20-10(7-8-11(15)16)13(2,3)14(4,5)12(17)18/h9-10H,7-8H2,1-6H3,(H,15,16)(H,17,18). The van der Waals surface area contributed by atoms with Gasteiger partial charge in [0.15, 0.2) is 6.29 Å². The lowest BCUT2D eigenvalue weighted by Crippen LogP contribution is -2.49. The van der Waals surface area contributed by atoms with Gasteiger partial charge in [0.2, 0.25) is 0 Å². The third-order valence-electron chi connectivity index (χ3n) is 4.26. The van der Waals surface area contributed by atoms with Gasteiger partial charge in [0.05, 0.1) is 11.5 Å². The number of methoxy groups -OCH3 is 1. The van der Waals surface area contributed by atoms with E-state index in [-0.39, 0.29) is 12.8 Å². The van der Waals surface area contributed by atoms with Crippen LogP contribution >= 0.6 is 0 Å². The van der Waals surface area contributed by atoms with Gasteiger partial charge in [-0.25, -0.2) is 0 Å². The van der Waals surface area contributed by atoms with Crippen LogP contribution in [0.1, 0.15) is 47.5 Å². The molecule has 0 rings (SSSR count). The molecule has 0 fully saturated rings. The predicted octanol–water partition coefficient (Wildman–Crippen LogP) is 2.37. The van der Waals surface area contributed by atoms with E-state index in [0.29, 0.717) is 0 Å². The van der Waals surface area contributed by atoms with Gasteiger partial charge in [-0.2, -0.15) is 0 Å². The molecule has 0 bridgehead atoms. The van der Waals surface area contributed by atoms with E-state index in [0.717, 1.165) is 0 Å². The molecule has 6 nitrogen and oxygen atoms in total. The topological polar surface area (TPSA) is 93.1 Å². The van der Waals surface area contributed by atoms with Crippen molar-refractivity contribution < 1.29 is 29.3 Å². The van der Waals surface area contributed by atoms with Crippen molar-refractivity contribution in [1.82, 2.24) is 0 Å². The van der Waals surface area contributed by atoms with E-state index in [2.05, 4.69) is 0 Å². The normalized spacial score (nSPS) is 15.7. The SMILES string of the molecule is COC(C)OC(CCC(=O)O)C(C)(C)C(C)(C)C(=O)O. The van der Waals surface area contributed by atoms with Crippen LogP contribution in [0.25, 0.3) is 0 Å². The minimum atomic E-state index is -1.07. The summed E-state index contributed by atoms with van der Waals surface area (Å²) >= 11 is 0. The number of rotatable bonds is 9. The van der Waals surface area contributed by atoms with Crippen LogP contribution in [-0.2, 0) is 19.1 Å². The Balaban J connectivity index is 5.25. The highest BCUT2D eigenvalue weighted by Crippen LogP contribution is 2.44. The summed E-state index contributed by atoms with van der Waals surface area (Å²) in [5.41, 5.74) is -1.83. The molecule has 0 spiro atoms. The van der Waals surface area contributed by atoms with E-state index in [1.165, 1.54) is 7.11 Å². The lowest BCUT2D eigenvalue weighted by molar-refractivity contribution is -0.200. The monoisotopic (exact) mass is 290 g/mol. The highest BCUT2D eigenvalue weighted by atomic mass is 16.7. The molecule has 0 amide bonds. The summed E-state index contributed by atoms with van der Waals surface area (Å²) < 4.78 is 10.7. The van der Waals surface area contributed by atoms with Crippen LogP contribution in [0.4, 0.5) is 0 Å². The maximum atomic E-state index is 11.5. The number of hydrogen-bond acceptors (Lipinski definition) is 4. The van der Waals surface area contributed by atoms with Crippen LogP contribution < -0.4 is 0 Å². The number of carbonyl (C=O) groups is 2. The number of carboxylic acid groups (broad SMARTS) is 2. The van der Waals surface area contributed by atoms with Crippen LogP contribution in [0.3, 0.4) is 0 Å². The zero-order chi connectivity index (χ0) is 16.1. The van der Waals surface area contributed by atoms with Crippen molar-refractivity contribution in [3.05, 3.63) is 0 Å². The third-order valence-corrected chi connectivity index (χ3v) is 4.26. The molecule has 0 aromatic heterocycles. The van der Waals surface area contributed by atoms with Gasteiger partial charge in [-0.15, -0.1) is 0 Å². The summed E-state index contributed by atoms with van der Waals surface area (Å²) in [6, 6.07) is 0. The van der Waals surface area contributed by atoms with E-state index < -0.39 is 35.2 Å². The smallest absolute Gasteiger partial charge is 0.309 e. The Morgan fingerprint density at radius 1 is 1.15 bits per heavy atom. The second-order valence-corrected chi connectivity index (χ2v) is 6.01. The lowest BCUT2D eigenvalue weighted by Gasteiger charge is -2.44. The van der Waals surface area contributed by atoms with Crippen molar-refractivity contribution in [3.8, 4) is 0 Å². The van der Waals surface area contributed by atoms with Crippen LogP contribution in [0.15, 0.2) is 0 Å². The van der Waals surface area contributed by atoms with E-state index >= 15 is 0 Å². The van der Waals surface area contributed by atoms with Crippen LogP contribution in [-0.4, -0.2) is 41.7 Å². The first-order chi connectivity index (χ1) is 8.96. The first-order valence-electron chi connectivity index (χ1n) is 6.60. The van der Waals surface area contributed by atoms with Crippen LogP contribution in [0.5, 0.6) is 0 Å². The number of aliphatic carboxylic acids is 2. The van der Waals surface area contributed by atoms with E-state index in [4.69, 9.17) is 14.6 Å². The average molecular weight is 290 g/mol. The minimum absolute atomic E-state index is 0.0831. The van der Waals surface area contributed by atoms with Crippen molar-refractivity contribution in [1.29, 1.82) is 0 Å². The van der Waals surface area contributed by atoms with Gasteiger partial charge in [0.1, 0.15) is 0 Å². The molecule has 20 heavy (non-hydrogen) atoms. The van der Waals surface area contributed by atoms with Crippen molar-refractivity contribution in [2.45, 2.75) is 59.9 Å². The van der Waals surface area contributed by atoms with Gasteiger partial charge in [0.25, 0.3) is 0 Å². The fourth-order valence-corrected chi connectivity index (χ4v) is 1.82. The van der Waals surface area contributed by atoms with E-state index in [1.54, 1.807) is 34.6 Å². The molecule has 2 atom stereocenters. The highest BCUT2D eigenvalue weighted by Gasteiger charge is 2.49. The molecule has 0 aliphatic heterocycles. The Hall–Kier alpha value is -1.14. The Kier molecular flexibility index (Phi) is 6.64. The van der Waals surface area contributed by atoms with E-state index in [9.17, 15) is 14.7 Å². The molecule has 6 heteroatoms. The van der Waals surface area contributed by atoms with Crippen molar-refractivity contribution in [3.63, 3.8) is 0 Å². The fourth-order valence-electron chi connectivity index (χ4n) is 1.82. The predicted molar refractivity (Wildman–Crippen MR) is 73.4 cm³/mol. The highest BCUT2D eigenvalue weighted by molar-refractivity contribution is 5.74. The van der Waals surface area contributed by atoms with Gasteiger partial charge < -0.3 is 19.7 Å². The van der Waals surface area contributed by atoms with Gasteiger partial charge in [-0.1, -0.05) is 13.8 Å². The fraction of sp³-hybridized carbons (Fsp3) is 0.857. The molecule has 0 saturated heterocycles. The van der Waals surface area contributed by atoms with Crippen LogP contribution in [0.2, 0.25) is 0 Å². The Labute approximate surface area is 120 Å². The van der Waals surface area contributed by atoms with Gasteiger partial charge >= 0.3 is 11.9 Å². The molecule has 0 saturated carbocycles. The number of hydrogen-bond donors (Lipinski definition) is 2. The number of carboxylic acids is 2. The van der Waals surface area contributed by atoms with Crippen molar-refractivity contribution >= 4 is 11.9 Å². The molecule has 118 valence electrons. The lowest BCUT2D eigenvalue weighted by atomic mass is 9.64. The third kappa shape index (κ3) is 4.45. The molecule has 2 N–H and O–H groups in total.